The zero-order valence-corrected chi connectivity index (χ0v) is 22.7. The van der Waals surface area contributed by atoms with Crippen LogP contribution in [0.15, 0.2) is 168 Å². The van der Waals surface area contributed by atoms with Gasteiger partial charge in [-0.05, 0) is 71.6 Å². The molecular formula is C37H29NS. The van der Waals surface area contributed by atoms with E-state index in [-0.39, 0.29) is 0 Å². The Labute approximate surface area is 235 Å². The number of nitrogens with zero attached hydrogens (tertiary/aromatic N) is 1. The molecule has 0 atom stereocenters. The SMILES string of the molecule is Cc1c(-c2ccccc2Sc2ccccc2)cccc1N(c1ccccc1)c1ccccc1-c1ccccc1. The molecule has 6 rings (SSSR count). The van der Waals surface area contributed by atoms with Crippen LogP contribution in [0.1, 0.15) is 5.56 Å². The molecular weight excluding hydrogens is 490 g/mol. The molecule has 39 heavy (non-hydrogen) atoms. The largest absolute Gasteiger partial charge is 0.310 e. The third-order valence-corrected chi connectivity index (χ3v) is 8.02. The maximum absolute atomic E-state index is 2.40. The van der Waals surface area contributed by atoms with Crippen LogP contribution >= 0.6 is 11.8 Å². The number of anilines is 3. The Morgan fingerprint density at radius 1 is 0.436 bits per heavy atom. The molecule has 0 amide bonds. The highest BCUT2D eigenvalue weighted by atomic mass is 32.2. The summed E-state index contributed by atoms with van der Waals surface area (Å²) in [5.74, 6) is 0. The molecule has 0 heterocycles. The fourth-order valence-electron chi connectivity index (χ4n) is 5.07. The van der Waals surface area contributed by atoms with E-state index in [1.165, 1.54) is 43.3 Å². The van der Waals surface area contributed by atoms with Crippen molar-refractivity contribution in [1.29, 1.82) is 0 Å². The minimum Gasteiger partial charge on any atom is -0.310 e. The molecule has 0 aliphatic carbocycles. The zero-order valence-electron chi connectivity index (χ0n) is 21.9. The van der Waals surface area contributed by atoms with Gasteiger partial charge in [-0.2, -0.15) is 0 Å². The van der Waals surface area contributed by atoms with Crippen molar-refractivity contribution in [2.75, 3.05) is 4.90 Å². The Kier molecular flexibility index (Phi) is 7.29. The lowest BCUT2D eigenvalue weighted by Crippen LogP contribution is -2.13. The number of para-hydroxylation sites is 2. The summed E-state index contributed by atoms with van der Waals surface area (Å²) in [7, 11) is 0. The van der Waals surface area contributed by atoms with Crippen molar-refractivity contribution < 1.29 is 0 Å². The van der Waals surface area contributed by atoms with Gasteiger partial charge in [0.05, 0.1) is 5.69 Å². The van der Waals surface area contributed by atoms with Gasteiger partial charge in [0.1, 0.15) is 0 Å². The molecule has 0 unspecified atom stereocenters. The van der Waals surface area contributed by atoms with Crippen molar-refractivity contribution in [2.24, 2.45) is 0 Å². The molecule has 0 aliphatic heterocycles. The molecule has 0 radical (unpaired) electrons. The monoisotopic (exact) mass is 519 g/mol. The van der Waals surface area contributed by atoms with Crippen molar-refractivity contribution in [3.8, 4) is 22.3 Å². The molecule has 6 aromatic rings. The molecule has 0 bridgehead atoms. The molecule has 0 aromatic heterocycles. The average molecular weight is 520 g/mol. The predicted molar refractivity (Wildman–Crippen MR) is 167 cm³/mol. The van der Waals surface area contributed by atoms with E-state index in [1.54, 1.807) is 0 Å². The third-order valence-electron chi connectivity index (χ3n) is 6.94. The second kappa shape index (κ2) is 11.5. The van der Waals surface area contributed by atoms with Crippen molar-refractivity contribution in [3.63, 3.8) is 0 Å². The van der Waals surface area contributed by atoms with Crippen LogP contribution in [-0.2, 0) is 0 Å². The lowest BCUT2D eigenvalue weighted by molar-refractivity contribution is 1.25. The lowest BCUT2D eigenvalue weighted by atomic mass is 9.97. The van der Waals surface area contributed by atoms with Crippen molar-refractivity contribution in [3.05, 3.63) is 163 Å². The van der Waals surface area contributed by atoms with Crippen LogP contribution in [0.2, 0.25) is 0 Å². The minimum absolute atomic E-state index is 1.13. The summed E-state index contributed by atoms with van der Waals surface area (Å²) in [5, 5.41) is 0. The number of hydrogen-bond donors (Lipinski definition) is 0. The molecule has 0 saturated carbocycles. The predicted octanol–water partition coefficient (Wildman–Crippen LogP) is 11.0. The minimum atomic E-state index is 1.13. The van der Waals surface area contributed by atoms with Gasteiger partial charge in [0, 0.05) is 26.7 Å². The third kappa shape index (κ3) is 5.25. The summed E-state index contributed by atoms with van der Waals surface area (Å²) >= 11 is 1.81. The Morgan fingerprint density at radius 3 is 1.72 bits per heavy atom. The fraction of sp³-hybridized carbons (Fsp3) is 0.0270. The van der Waals surface area contributed by atoms with Gasteiger partial charge in [0.2, 0.25) is 0 Å². The lowest BCUT2D eigenvalue weighted by Gasteiger charge is -2.30. The average Bonchev–Trinajstić information content (AvgIpc) is 3.00. The standard InChI is InChI=1S/C37H29NS/c1-28-32(34-23-12-14-27-37(34)39-31-20-9-4-10-21-31)24-15-26-35(28)38(30-18-7-3-8-19-30)36-25-13-11-22-33(36)29-16-5-2-6-17-29/h2-27H,1H3. The van der Waals surface area contributed by atoms with Gasteiger partial charge >= 0.3 is 0 Å². The van der Waals surface area contributed by atoms with Crippen LogP contribution in [0.4, 0.5) is 17.1 Å². The first-order valence-corrected chi connectivity index (χ1v) is 14.0. The van der Waals surface area contributed by atoms with E-state index in [0.717, 1.165) is 11.4 Å². The second-order valence-corrected chi connectivity index (χ2v) is 10.5. The summed E-state index contributed by atoms with van der Waals surface area (Å²) in [4.78, 5) is 4.88. The molecule has 2 heteroatoms. The van der Waals surface area contributed by atoms with Crippen LogP contribution in [0.3, 0.4) is 0 Å². The molecule has 0 N–H and O–H groups in total. The van der Waals surface area contributed by atoms with Gasteiger partial charge in [-0.25, -0.2) is 0 Å². The van der Waals surface area contributed by atoms with Crippen LogP contribution in [0.25, 0.3) is 22.3 Å². The van der Waals surface area contributed by atoms with E-state index >= 15 is 0 Å². The first kappa shape index (κ1) is 24.8. The first-order valence-electron chi connectivity index (χ1n) is 13.2. The molecule has 0 saturated heterocycles. The molecule has 188 valence electrons. The zero-order chi connectivity index (χ0) is 26.4. The first-order chi connectivity index (χ1) is 19.3. The Morgan fingerprint density at radius 2 is 0.974 bits per heavy atom. The van der Waals surface area contributed by atoms with E-state index < -0.39 is 0 Å². The summed E-state index contributed by atoms with van der Waals surface area (Å²) in [6, 6.07) is 56.0. The van der Waals surface area contributed by atoms with Crippen LogP contribution in [0.5, 0.6) is 0 Å². The highest BCUT2D eigenvalue weighted by molar-refractivity contribution is 7.99. The summed E-state index contributed by atoms with van der Waals surface area (Å²) in [5.41, 5.74) is 9.58. The number of rotatable bonds is 7. The maximum atomic E-state index is 2.40. The highest BCUT2D eigenvalue weighted by Gasteiger charge is 2.20. The van der Waals surface area contributed by atoms with Gasteiger partial charge in [0.25, 0.3) is 0 Å². The topological polar surface area (TPSA) is 3.24 Å². The second-order valence-electron chi connectivity index (χ2n) is 9.42. The maximum Gasteiger partial charge on any atom is 0.0540 e. The van der Waals surface area contributed by atoms with Gasteiger partial charge in [-0.3, -0.25) is 0 Å². The van der Waals surface area contributed by atoms with E-state index in [1.807, 2.05) is 11.8 Å². The smallest absolute Gasteiger partial charge is 0.0540 e. The molecule has 0 aliphatic rings. The molecule has 6 aromatic carbocycles. The van der Waals surface area contributed by atoms with Crippen molar-refractivity contribution >= 4 is 28.8 Å². The van der Waals surface area contributed by atoms with Gasteiger partial charge in [-0.1, -0.05) is 127 Å². The number of benzene rings is 6. The quantitative estimate of drug-likeness (QED) is 0.206. The van der Waals surface area contributed by atoms with Crippen molar-refractivity contribution in [2.45, 2.75) is 16.7 Å². The summed E-state index contributed by atoms with van der Waals surface area (Å²) < 4.78 is 0. The summed E-state index contributed by atoms with van der Waals surface area (Å²) in [6.07, 6.45) is 0. The fourth-order valence-corrected chi connectivity index (χ4v) is 6.05. The Balaban J connectivity index is 1.52. The van der Waals surface area contributed by atoms with Crippen LogP contribution in [-0.4, -0.2) is 0 Å². The van der Waals surface area contributed by atoms with Crippen LogP contribution in [0, 0.1) is 6.92 Å². The van der Waals surface area contributed by atoms with Gasteiger partial charge in [0.15, 0.2) is 0 Å². The molecule has 0 spiro atoms. The van der Waals surface area contributed by atoms with E-state index in [0.29, 0.717) is 0 Å². The Bertz CT molecular complexity index is 1680. The summed E-state index contributed by atoms with van der Waals surface area (Å²) in [6.45, 7) is 2.25. The van der Waals surface area contributed by atoms with Gasteiger partial charge in [-0.15, -0.1) is 0 Å². The van der Waals surface area contributed by atoms with Gasteiger partial charge < -0.3 is 4.90 Å². The van der Waals surface area contributed by atoms with E-state index in [4.69, 9.17) is 0 Å². The normalized spacial score (nSPS) is 10.8. The number of hydrogen-bond acceptors (Lipinski definition) is 2. The highest BCUT2D eigenvalue weighted by Crippen LogP contribution is 2.45. The molecule has 0 fully saturated rings. The molecule has 1 nitrogen and oxygen atoms in total. The van der Waals surface area contributed by atoms with Crippen molar-refractivity contribution in [1.82, 2.24) is 0 Å². The van der Waals surface area contributed by atoms with E-state index in [9.17, 15) is 0 Å². The van der Waals surface area contributed by atoms with Crippen LogP contribution < -0.4 is 4.90 Å². The Hall–Kier alpha value is -4.53. The van der Waals surface area contributed by atoms with E-state index in [2.05, 4.69) is 170 Å².